The van der Waals surface area contributed by atoms with Crippen LogP contribution in [-0.4, -0.2) is 54.7 Å². The van der Waals surface area contributed by atoms with Crippen LogP contribution in [0.15, 0.2) is 30.4 Å². The molecular weight excluding hydrogens is 413 g/mol. The van der Waals surface area contributed by atoms with Crippen LogP contribution in [0.2, 0.25) is 0 Å². The average Bonchev–Trinajstić information content (AvgIpc) is 3.60. The van der Waals surface area contributed by atoms with Gasteiger partial charge in [-0.2, -0.15) is 0 Å². The number of allylic oxidation sites excluding steroid dienone is 1. The molecule has 1 saturated heterocycles. The molecule has 0 radical (unpaired) electrons. The summed E-state index contributed by atoms with van der Waals surface area (Å²) in [7, 11) is 0. The highest BCUT2D eigenvalue weighted by Gasteiger charge is 2.28. The minimum atomic E-state index is -1.10. The van der Waals surface area contributed by atoms with Gasteiger partial charge in [0, 0.05) is 26.1 Å². The van der Waals surface area contributed by atoms with Crippen molar-refractivity contribution in [3.8, 4) is 5.75 Å². The van der Waals surface area contributed by atoms with Gasteiger partial charge in [-0.1, -0.05) is 25.1 Å². The predicted octanol–water partition coefficient (Wildman–Crippen LogP) is 3.08. The summed E-state index contributed by atoms with van der Waals surface area (Å²) in [6.45, 7) is 4.45. The van der Waals surface area contributed by atoms with Crippen LogP contribution < -0.4 is 15.4 Å². The number of benzene rings is 1. The molecule has 176 valence electrons. The molecule has 0 aromatic heterocycles. The Labute approximate surface area is 189 Å². The first-order valence-electron chi connectivity index (χ1n) is 11.5. The monoisotopic (exact) mass is 447 g/mol. The number of aliphatic hydroxyl groups is 1. The summed E-state index contributed by atoms with van der Waals surface area (Å²) in [5.41, 5.74) is -0.446. The number of nitrogens with zero attached hydrogens (tertiary/aromatic N) is 1. The van der Waals surface area contributed by atoms with Gasteiger partial charge >= 0.3 is 6.03 Å². The average molecular weight is 448 g/mol. The second kappa shape index (κ2) is 11.4. The van der Waals surface area contributed by atoms with Gasteiger partial charge in [0.2, 0.25) is 5.91 Å². The lowest BCUT2D eigenvalue weighted by Gasteiger charge is -2.28. The first-order chi connectivity index (χ1) is 15.4. The van der Waals surface area contributed by atoms with Gasteiger partial charge < -0.3 is 20.1 Å². The molecule has 1 aromatic carbocycles. The van der Waals surface area contributed by atoms with Crippen LogP contribution in [0.25, 0.3) is 0 Å². The van der Waals surface area contributed by atoms with Gasteiger partial charge in [0.25, 0.3) is 0 Å². The van der Waals surface area contributed by atoms with Crippen molar-refractivity contribution < 1.29 is 23.8 Å². The fraction of sp³-hybridized carbons (Fsp3) is 0.583. The SMILES string of the molecule is CCC(O)(CNCCC/C=C/CN1CCC(=O)NC1=O)c1ccc(F)c(OCC2CC2)c1. The van der Waals surface area contributed by atoms with Crippen molar-refractivity contribution in [2.24, 2.45) is 5.92 Å². The molecule has 1 aromatic rings. The van der Waals surface area contributed by atoms with Crippen molar-refractivity contribution in [2.45, 2.75) is 51.0 Å². The minimum Gasteiger partial charge on any atom is -0.490 e. The van der Waals surface area contributed by atoms with Crippen molar-refractivity contribution in [2.75, 3.05) is 32.8 Å². The standard InChI is InChI=1S/C24H34FN3O4/c1-2-24(31,19-9-10-20(25)21(15-19)32-16-18-7-8-18)17-26-12-5-3-4-6-13-28-14-11-22(29)27-23(28)30/h4,6,9-10,15,18,26,31H,2-3,5,7-8,11-14,16-17H2,1H3,(H,27,29,30)/b6-4+. The van der Waals surface area contributed by atoms with E-state index in [1.54, 1.807) is 17.0 Å². The zero-order valence-corrected chi connectivity index (χ0v) is 18.7. The van der Waals surface area contributed by atoms with Crippen molar-refractivity contribution >= 4 is 11.9 Å². The molecule has 3 amide bonds. The number of carbonyl (C=O) groups excluding carboxylic acids is 2. The summed E-state index contributed by atoms with van der Waals surface area (Å²) in [4.78, 5) is 24.4. The molecule has 8 heteroatoms. The van der Waals surface area contributed by atoms with Crippen LogP contribution in [0.3, 0.4) is 0 Å². The fourth-order valence-corrected chi connectivity index (χ4v) is 3.56. The molecule has 7 nitrogen and oxygen atoms in total. The predicted molar refractivity (Wildman–Crippen MR) is 120 cm³/mol. The van der Waals surface area contributed by atoms with E-state index >= 15 is 0 Å². The molecular formula is C24H34FN3O4. The van der Waals surface area contributed by atoms with E-state index in [1.807, 2.05) is 19.1 Å². The Kier molecular flexibility index (Phi) is 8.64. The lowest BCUT2D eigenvalue weighted by molar-refractivity contribution is -0.121. The van der Waals surface area contributed by atoms with E-state index in [9.17, 15) is 19.1 Å². The largest absolute Gasteiger partial charge is 0.490 e. The summed E-state index contributed by atoms with van der Waals surface area (Å²) >= 11 is 0. The number of unbranched alkanes of at least 4 members (excludes halogenated alkanes) is 1. The molecule has 1 heterocycles. The molecule has 0 bridgehead atoms. The molecule has 1 atom stereocenters. The second-order valence-corrected chi connectivity index (χ2v) is 8.62. The first-order valence-corrected chi connectivity index (χ1v) is 11.5. The lowest BCUT2D eigenvalue weighted by atomic mass is 9.90. The summed E-state index contributed by atoms with van der Waals surface area (Å²) < 4.78 is 19.7. The van der Waals surface area contributed by atoms with Crippen LogP contribution in [-0.2, 0) is 10.4 Å². The second-order valence-electron chi connectivity index (χ2n) is 8.62. The number of imide groups is 1. The fourth-order valence-electron chi connectivity index (χ4n) is 3.56. The Balaban J connectivity index is 1.38. The Morgan fingerprint density at radius 2 is 2.16 bits per heavy atom. The molecule has 1 aliphatic carbocycles. The molecule has 2 fully saturated rings. The molecule has 1 aliphatic heterocycles. The van der Waals surface area contributed by atoms with E-state index in [1.165, 1.54) is 6.07 Å². The number of hydrogen-bond acceptors (Lipinski definition) is 5. The van der Waals surface area contributed by atoms with E-state index in [-0.39, 0.29) is 17.7 Å². The molecule has 0 spiro atoms. The molecule has 32 heavy (non-hydrogen) atoms. The molecule has 1 saturated carbocycles. The van der Waals surface area contributed by atoms with Gasteiger partial charge in [0.15, 0.2) is 11.6 Å². The quantitative estimate of drug-likeness (QED) is 0.319. The third kappa shape index (κ3) is 7.03. The maximum Gasteiger partial charge on any atom is 0.324 e. The Bertz CT molecular complexity index is 827. The number of rotatable bonds is 13. The van der Waals surface area contributed by atoms with Gasteiger partial charge in [0.1, 0.15) is 5.60 Å². The summed E-state index contributed by atoms with van der Waals surface area (Å²) in [6, 6.07) is 4.27. The molecule has 3 rings (SSSR count). The number of nitrogens with one attached hydrogen (secondary N) is 2. The number of amides is 3. The van der Waals surface area contributed by atoms with E-state index in [4.69, 9.17) is 4.74 Å². The van der Waals surface area contributed by atoms with Gasteiger partial charge in [-0.15, -0.1) is 0 Å². The zero-order chi connectivity index (χ0) is 23.0. The van der Waals surface area contributed by atoms with Gasteiger partial charge in [0.05, 0.1) is 6.61 Å². The third-order valence-corrected chi connectivity index (χ3v) is 6.00. The minimum absolute atomic E-state index is 0.207. The Hall–Kier alpha value is -2.45. The normalized spacial score (nSPS) is 18.7. The van der Waals surface area contributed by atoms with E-state index in [0.29, 0.717) is 50.6 Å². The molecule has 2 aliphatic rings. The van der Waals surface area contributed by atoms with E-state index in [2.05, 4.69) is 10.6 Å². The summed E-state index contributed by atoms with van der Waals surface area (Å²) in [6.07, 6.45) is 8.75. The van der Waals surface area contributed by atoms with Gasteiger partial charge in [-0.05, 0) is 62.3 Å². The Morgan fingerprint density at radius 1 is 1.34 bits per heavy atom. The van der Waals surface area contributed by atoms with Crippen molar-refractivity contribution in [3.63, 3.8) is 0 Å². The van der Waals surface area contributed by atoms with E-state index < -0.39 is 11.4 Å². The topological polar surface area (TPSA) is 90.9 Å². The lowest BCUT2D eigenvalue weighted by Crippen LogP contribution is -2.49. The smallest absolute Gasteiger partial charge is 0.324 e. The van der Waals surface area contributed by atoms with Gasteiger partial charge in [-0.3, -0.25) is 10.1 Å². The highest BCUT2D eigenvalue weighted by molar-refractivity contribution is 5.96. The van der Waals surface area contributed by atoms with Crippen LogP contribution in [0.1, 0.15) is 51.0 Å². The van der Waals surface area contributed by atoms with Gasteiger partial charge in [-0.25, -0.2) is 9.18 Å². The summed E-state index contributed by atoms with van der Waals surface area (Å²) in [5.74, 6) is 0.107. The Morgan fingerprint density at radius 3 is 2.88 bits per heavy atom. The summed E-state index contributed by atoms with van der Waals surface area (Å²) in [5, 5.41) is 16.7. The van der Waals surface area contributed by atoms with Crippen molar-refractivity contribution in [3.05, 3.63) is 41.7 Å². The number of ether oxygens (including phenoxy) is 1. The highest BCUT2D eigenvalue weighted by atomic mass is 19.1. The van der Waals surface area contributed by atoms with Crippen molar-refractivity contribution in [1.82, 2.24) is 15.5 Å². The maximum absolute atomic E-state index is 14.1. The van der Waals surface area contributed by atoms with Crippen LogP contribution in [0.5, 0.6) is 5.75 Å². The maximum atomic E-state index is 14.1. The number of carbonyl (C=O) groups is 2. The number of hydrogen-bond donors (Lipinski definition) is 3. The number of halogens is 1. The molecule has 3 N–H and O–H groups in total. The zero-order valence-electron chi connectivity index (χ0n) is 18.7. The molecule has 1 unspecified atom stereocenters. The highest BCUT2D eigenvalue weighted by Crippen LogP contribution is 2.32. The van der Waals surface area contributed by atoms with Crippen LogP contribution >= 0.6 is 0 Å². The van der Waals surface area contributed by atoms with Crippen LogP contribution in [0.4, 0.5) is 9.18 Å². The first kappa shape index (κ1) is 24.2. The third-order valence-electron chi connectivity index (χ3n) is 6.00. The number of urea groups is 1. The van der Waals surface area contributed by atoms with E-state index in [0.717, 1.165) is 32.2 Å². The van der Waals surface area contributed by atoms with Crippen LogP contribution in [0, 0.1) is 11.7 Å². The van der Waals surface area contributed by atoms with Crippen molar-refractivity contribution in [1.29, 1.82) is 0 Å².